The van der Waals surface area contributed by atoms with Crippen LogP contribution in [0.5, 0.6) is 0 Å². The Balaban J connectivity index is -0.000000352. The molecule has 112 valence electrons. The molecule has 20 heavy (non-hydrogen) atoms. The van der Waals surface area contributed by atoms with E-state index in [4.69, 9.17) is 45.3 Å². The molecule has 0 aliphatic heterocycles. The summed E-state index contributed by atoms with van der Waals surface area (Å²) in [7, 11) is 0. The van der Waals surface area contributed by atoms with Crippen LogP contribution in [0.2, 0.25) is 0 Å². The fraction of sp³-hybridized carbons (Fsp3) is 0.625. The minimum absolute atomic E-state index is 0. The SMILES string of the molecule is O=C([O-])C(=O)O.O=C([O-])[C@H](O)[C@@H](O)[C@H](O)[C@H](O)CO.[Ca+2]. The Hall–Kier alpha value is -0.530. The summed E-state index contributed by atoms with van der Waals surface area (Å²) in [6.45, 7) is -0.863. The average Bonchev–Trinajstić information content (AvgIpc) is 2.35. The molecule has 6 N–H and O–H groups in total. The molecule has 11 nitrogen and oxygen atoms in total. The maximum absolute atomic E-state index is 9.98. The predicted molar refractivity (Wildman–Crippen MR) is 54.5 cm³/mol. The normalized spacial score (nSPS) is 15.4. The molecule has 0 aromatic carbocycles. The van der Waals surface area contributed by atoms with Crippen LogP contribution in [0.3, 0.4) is 0 Å². The summed E-state index contributed by atoms with van der Waals surface area (Å²) < 4.78 is 0. The van der Waals surface area contributed by atoms with Crippen LogP contribution in [0, 0.1) is 0 Å². The number of carboxylic acid groups (broad SMARTS) is 3. The Morgan fingerprint density at radius 1 is 0.950 bits per heavy atom. The van der Waals surface area contributed by atoms with E-state index in [9.17, 15) is 9.90 Å². The van der Waals surface area contributed by atoms with E-state index in [1.807, 2.05) is 0 Å². The van der Waals surface area contributed by atoms with Crippen molar-refractivity contribution in [1.29, 1.82) is 0 Å². The fourth-order valence-electron chi connectivity index (χ4n) is 0.662. The number of carbonyl (C=O) groups excluding carboxylic acids is 2. The van der Waals surface area contributed by atoms with Crippen molar-refractivity contribution < 1.29 is 55.2 Å². The maximum atomic E-state index is 9.98. The summed E-state index contributed by atoms with van der Waals surface area (Å²) in [6, 6.07) is 0. The first-order chi connectivity index (χ1) is 8.56. The van der Waals surface area contributed by atoms with Crippen molar-refractivity contribution >= 4 is 55.6 Å². The van der Waals surface area contributed by atoms with Crippen LogP contribution in [0.4, 0.5) is 0 Å². The standard InChI is InChI=1S/C6H12O7.C2H2O4.Ca/c7-1-2(8)3(9)4(10)5(11)6(12)13;3-1(4)2(5)6;/h2-5,7-11H,1H2,(H,12,13);(H,3,4)(H,5,6);/q;;+2/p-2/t2-,3-,4+,5-;;/m1../s1. The van der Waals surface area contributed by atoms with Gasteiger partial charge in [-0.05, 0) is 0 Å². The van der Waals surface area contributed by atoms with Crippen LogP contribution in [-0.4, -0.2) is 117 Å². The molecular weight excluding hydrogens is 312 g/mol. The Morgan fingerprint density at radius 2 is 1.30 bits per heavy atom. The second kappa shape index (κ2) is 12.2. The van der Waals surface area contributed by atoms with Crippen LogP contribution in [0.25, 0.3) is 0 Å². The summed E-state index contributed by atoms with van der Waals surface area (Å²) in [5, 5.41) is 69.8. The molecule has 0 heterocycles. The fourth-order valence-corrected chi connectivity index (χ4v) is 0.662. The van der Waals surface area contributed by atoms with Crippen molar-refractivity contribution in [2.24, 2.45) is 0 Å². The number of hydrogen-bond acceptors (Lipinski definition) is 10. The molecule has 4 atom stereocenters. The Labute approximate surface area is 141 Å². The first kappa shape index (κ1) is 24.5. The molecule has 0 aromatic heterocycles. The van der Waals surface area contributed by atoms with E-state index in [0.29, 0.717) is 0 Å². The average molecular weight is 324 g/mol. The van der Waals surface area contributed by atoms with Gasteiger partial charge in [0.2, 0.25) is 0 Å². The smallest absolute Gasteiger partial charge is 0.547 e. The van der Waals surface area contributed by atoms with E-state index >= 15 is 0 Å². The van der Waals surface area contributed by atoms with E-state index in [1.54, 1.807) is 0 Å². The first-order valence-electron chi connectivity index (χ1n) is 4.54. The van der Waals surface area contributed by atoms with Gasteiger partial charge in [0.25, 0.3) is 0 Å². The van der Waals surface area contributed by atoms with Crippen LogP contribution in [0.15, 0.2) is 0 Å². The van der Waals surface area contributed by atoms with E-state index in [1.165, 1.54) is 0 Å². The van der Waals surface area contributed by atoms with Gasteiger partial charge < -0.3 is 50.4 Å². The van der Waals surface area contributed by atoms with E-state index in [2.05, 4.69) is 0 Å². The van der Waals surface area contributed by atoms with Gasteiger partial charge in [0.05, 0.1) is 12.6 Å². The topological polar surface area (TPSA) is 219 Å². The summed E-state index contributed by atoms with van der Waals surface area (Å²) in [5.41, 5.74) is 0. The molecule has 0 saturated carbocycles. The van der Waals surface area contributed by atoms with Crippen molar-refractivity contribution in [2.75, 3.05) is 6.61 Å². The Morgan fingerprint density at radius 3 is 1.50 bits per heavy atom. The van der Waals surface area contributed by atoms with Gasteiger partial charge in [-0.25, -0.2) is 4.79 Å². The van der Waals surface area contributed by atoms with Gasteiger partial charge >= 0.3 is 43.7 Å². The van der Waals surface area contributed by atoms with E-state index in [0.717, 1.165) is 0 Å². The van der Waals surface area contributed by atoms with Gasteiger partial charge in [-0.1, -0.05) is 0 Å². The largest absolute Gasteiger partial charge is 2.00 e. The van der Waals surface area contributed by atoms with Gasteiger partial charge in [-0.3, -0.25) is 0 Å². The van der Waals surface area contributed by atoms with Crippen LogP contribution >= 0.6 is 0 Å². The molecule has 0 fully saturated rings. The Bertz CT molecular complexity index is 308. The Kier molecular flexibility index (Phi) is 15.0. The molecule has 0 saturated heterocycles. The van der Waals surface area contributed by atoms with Gasteiger partial charge in [-0.2, -0.15) is 0 Å². The zero-order chi connectivity index (χ0) is 15.7. The second-order valence-electron chi connectivity index (χ2n) is 3.09. The van der Waals surface area contributed by atoms with Crippen molar-refractivity contribution in [3.8, 4) is 0 Å². The summed E-state index contributed by atoms with van der Waals surface area (Å²) in [5.74, 6) is -5.98. The molecule has 0 rings (SSSR count). The number of rotatable bonds is 5. The third-order valence-corrected chi connectivity index (χ3v) is 1.67. The molecule has 0 amide bonds. The summed E-state index contributed by atoms with van der Waals surface area (Å²) in [6.07, 6.45) is -8.08. The van der Waals surface area contributed by atoms with E-state index < -0.39 is 48.9 Å². The van der Waals surface area contributed by atoms with Crippen LogP contribution in [0.1, 0.15) is 0 Å². The van der Waals surface area contributed by atoms with Crippen molar-refractivity contribution in [2.45, 2.75) is 24.4 Å². The zero-order valence-corrected chi connectivity index (χ0v) is 12.2. The molecule has 0 aromatic rings. The predicted octanol–water partition coefficient (Wildman–Crippen LogP) is -7.39. The van der Waals surface area contributed by atoms with Crippen LogP contribution in [-0.2, 0) is 14.4 Å². The number of carbonyl (C=O) groups is 3. The second-order valence-corrected chi connectivity index (χ2v) is 3.09. The number of carboxylic acids is 3. The molecule has 0 bridgehead atoms. The van der Waals surface area contributed by atoms with Crippen LogP contribution < -0.4 is 10.2 Å². The zero-order valence-electron chi connectivity index (χ0n) is 9.95. The number of aliphatic carboxylic acids is 3. The van der Waals surface area contributed by atoms with Crippen molar-refractivity contribution in [3.63, 3.8) is 0 Å². The molecule has 0 unspecified atom stereocenters. The third-order valence-electron chi connectivity index (χ3n) is 1.67. The molecular formula is C8H12CaO11. The van der Waals surface area contributed by atoms with Crippen molar-refractivity contribution in [1.82, 2.24) is 0 Å². The monoisotopic (exact) mass is 324 g/mol. The van der Waals surface area contributed by atoms with Gasteiger partial charge in [-0.15, -0.1) is 0 Å². The van der Waals surface area contributed by atoms with Gasteiger partial charge in [0.15, 0.2) is 5.97 Å². The first-order valence-corrected chi connectivity index (χ1v) is 4.54. The van der Waals surface area contributed by atoms with Gasteiger partial charge in [0, 0.05) is 0 Å². The number of aliphatic hydroxyl groups excluding tert-OH is 5. The van der Waals surface area contributed by atoms with Gasteiger partial charge in [0.1, 0.15) is 24.4 Å². The maximum Gasteiger partial charge on any atom is 2.00 e. The number of aliphatic hydroxyl groups is 5. The molecule has 0 aliphatic rings. The van der Waals surface area contributed by atoms with E-state index in [-0.39, 0.29) is 37.7 Å². The minimum Gasteiger partial charge on any atom is -0.547 e. The third kappa shape index (κ3) is 10.3. The molecule has 0 spiro atoms. The molecule has 12 heteroatoms. The molecule has 0 radical (unpaired) electrons. The minimum atomic E-state index is -2.31. The number of hydrogen-bond donors (Lipinski definition) is 6. The quantitative estimate of drug-likeness (QED) is 0.206. The van der Waals surface area contributed by atoms with Crippen molar-refractivity contribution in [3.05, 3.63) is 0 Å². The summed E-state index contributed by atoms with van der Waals surface area (Å²) in [4.78, 5) is 28.0. The molecule has 0 aliphatic carbocycles. The summed E-state index contributed by atoms with van der Waals surface area (Å²) >= 11 is 0.